The van der Waals surface area contributed by atoms with Crippen LogP contribution >= 0.6 is 0 Å². The third-order valence-electron chi connectivity index (χ3n) is 3.91. The summed E-state index contributed by atoms with van der Waals surface area (Å²) in [7, 11) is 0. The van der Waals surface area contributed by atoms with Crippen LogP contribution in [0.25, 0.3) is 0 Å². The molecule has 0 aromatic heterocycles. The molecule has 0 bridgehead atoms. The zero-order valence-corrected chi connectivity index (χ0v) is 13.6. The summed E-state index contributed by atoms with van der Waals surface area (Å²) in [6.07, 6.45) is 22.4. The van der Waals surface area contributed by atoms with Gasteiger partial charge in [0.15, 0.2) is 0 Å². The molecule has 0 spiro atoms. The van der Waals surface area contributed by atoms with Crippen molar-refractivity contribution in [3.8, 4) is 0 Å². The van der Waals surface area contributed by atoms with E-state index in [0.29, 0.717) is 0 Å². The molecular formula is C19H37. The van der Waals surface area contributed by atoms with Gasteiger partial charge in [0.25, 0.3) is 0 Å². The van der Waals surface area contributed by atoms with E-state index in [1.54, 1.807) is 0 Å². The van der Waals surface area contributed by atoms with Crippen LogP contribution in [-0.2, 0) is 0 Å². The van der Waals surface area contributed by atoms with Crippen molar-refractivity contribution in [1.82, 2.24) is 0 Å². The Morgan fingerprint density at radius 1 is 0.789 bits per heavy atom. The Morgan fingerprint density at radius 3 is 2.00 bits per heavy atom. The van der Waals surface area contributed by atoms with Gasteiger partial charge in [-0.05, 0) is 31.6 Å². The van der Waals surface area contributed by atoms with Crippen molar-refractivity contribution in [3.05, 3.63) is 19.1 Å². The highest BCUT2D eigenvalue weighted by Gasteiger charge is 1.97. The first-order valence-corrected chi connectivity index (χ1v) is 8.75. The quantitative estimate of drug-likeness (QED) is 0.232. The molecule has 0 fully saturated rings. The highest BCUT2D eigenvalue weighted by Crippen LogP contribution is 2.13. The van der Waals surface area contributed by atoms with E-state index in [0.717, 1.165) is 12.3 Å². The fourth-order valence-electron chi connectivity index (χ4n) is 2.51. The smallest absolute Gasteiger partial charge is 0.0348 e. The lowest BCUT2D eigenvalue weighted by molar-refractivity contribution is 0.500. The standard InChI is InChI=1S/C19H37/c1-4-6-7-8-9-10-11-12-13-14-15-16-18-19(3)17-5-2/h14-15,19H,2,4-13,16-18H2,1,3H3/b15-14+. The molecule has 0 aliphatic carbocycles. The van der Waals surface area contributed by atoms with Crippen molar-refractivity contribution in [2.24, 2.45) is 5.92 Å². The summed E-state index contributed by atoms with van der Waals surface area (Å²) >= 11 is 0. The van der Waals surface area contributed by atoms with Crippen LogP contribution < -0.4 is 0 Å². The molecule has 0 saturated heterocycles. The maximum Gasteiger partial charge on any atom is -0.0348 e. The summed E-state index contributed by atoms with van der Waals surface area (Å²) in [4.78, 5) is 0. The second-order valence-corrected chi connectivity index (χ2v) is 6.06. The van der Waals surface area contributed by atoms with Crippen molar-refractivity contribution in [3.63, 3.8) is 0 Å². The van der Waals surface area contributed by atoms with E-state index >= 15 is 0 Å². The van der Waals surface area contributed by atoms with E-state index in [9.17, 15) is 0 Å². The summed E-state index contributed by atoms with van der Waals surface area (Å²) in [5.74, 6) is 0.852. The SMILES string of the molecule is [CH2]CCC(C)CC/C=C/CCCCCCCCCC. The zero-order chi connectivity index (χ0) is 14.2. The monoisotopic (exact) mass is 265 g/mol. The van der Waals surface area contributed by atoms with Gasteiger partial charge in [0.05, 0.1) is 0 Å². The third-order valence-corrected chi connectivity index (χ3v) is 3.91. The Morgan fingerprint density at radius 2 is 1.37 bits per heavy atom. The first kappa shape index (κ1) is 18.7. The second-order valence-electron chi connectivity index (χ2n) is 6.06. The topological polar surface area (TPSA) is 0 Å². The minimum absolute atomic E-state index is 0.852. The van der Waals surface area contributed by atoms with Gasteiger partial charge in [-0.25, -0.2) is 0 Å². The molecule has 0 amide bonds. The molecule has 1 atom stereocenters. The molecule has 0 nitrogen and oxygen atoms in total. The number of hydrogen-bond acceptors (Lipinski definition) is 0. The molecule has 0 heteroatoms. The summed E-state index contributed by atoms with van der Waals surface area (Å²) in [5.41, 5.74) is 0. The maximum atomic E-state index is 3.92. The number of rotatable bonds is 14. The van der Waals surface area contributed by atoms with Crippen LogP contribution in [-0.4, -0.2) is 0 Å². The number of unbranched alkanes of at least 4 members (excludes halogenated alkanes) is 8. The van der Waals surface area contributed by atoms with Crippen molar-refractivity contribution in [1.29, 1.82) is 0 Å². The lowest BCUT2D eigenvalue weighted by Crippen LogP contribution is -1.91. The molecule has 0 rings (SSSR count). The Kier molecular flexibility index (Phi) is 15.6. The van der Waals surface area contributed by atoms with Gasteiger partial charge in [0.2, 0.25) is 0 Å². The molecule has 113 valence electrons. The average Bonchev–Trinajstić information content (AvgIpc) is 2.40. The predicted octanol–water partition coefficient (Wildman–Crippen LogP) is 7.10. The molecule has 0 aliphatic rings. The molecule has 0 aromatic carbocycles. The molecule has 0 heterocycles. The highest BCUT2D eigenvalue weighted by molar-refractivity contribution is 4.81. The van der Waals surface area contributed by atoms with Gasteiger partial charge >= 0.3 is 0 Å². The van der Waals surface area contributed by atoms with Crippen LogP contribution in [0.15, 0.2) is 12.2 Å². The number of hydrogen-bond donors (Lipinski definition) is 0. The van der Waals surface area contributed by atoms with Gasteiger partial charge in [0, 0.05) is 0 Å². The van der Waals surface area contributed by atoms with E-state index < -0.39 is 0 Å². The zero-order valence-electron chi connectivity index (χ0n) is 13.6. The van der Waals surface area contributed by atoms with Crippen LogP contribution in [0.2, 0.25) is 0 Å². The van der Waals surface area contributed by atoms with E-state index in [2.05, 4.69) is 32.9 Å². The average molecular weight is 266 g/mol. The van der Waals surface area contributed by atoms with Crippen molar-refractivity contribution in [2.45, 2.75) is 97.3 Å². The Bertz CT molecular complexity index is 180. The van der Waals surface area contributed by atoms with Gasteiger partial charge in [-0.15, -0.1) is 0 Å². The van der Waals surface area contributed by atoms with Crippen LogP contribution in [0.3, 0.4) is 0 Å². The fourth-order valence-corrected chi connectivity index (χ4v) is 2.51. The molecule has 0 saturated carbocycles. The van der Waals surface area contributed by atoms with E-state index in [1.165, 1.54) is 77.0 Å². The third kappa shape index (κ3) is 15.7. The first-order valence-electron chi connectivity index (χ1n) is 8.75. The highest BCUT2D eigenvalue weighted by atomic mass is 14.0. The van der Waals surface area contributed by atoms with Gasteiger partial charge in [-0.2, -0.15) is 0 Å². The molecule has 0 aliphatic heterocycles. The number of allylic oxidation sites excluding steroid dienone is 2. The molecular weight excluding hydrogens is 228 g/mol. The van der Waals surface area contributed by atoms with Crippen molar-refractivity contribution >= 4 is 0 Å². The molecule has 1 unspecified atom stereocenters. The van der Waals surface area contributed by atoms with Gasteiger partial charge < -0.3 is 0 Å². The normalized spacial score (nSPS) is 13.2. The van der Waals surface area contributed by atoms with Crippen LogP contribution in [0, 0.1) is 12.8 Å². The van der Waals surface area contributed by atoms with Gasteiger partial charge in [0.1, 0.15) is 0 Å². The minimum Gasteiger partial charge on any atom is -0.0885 e. The molecule has 1 radical (unpaired) electrons. The lowest BCUT2D eigenvalue weighted by Gasteiger charge is -2.06. The minimum atomic E-state index is 0.852. The largest absolute Gasteiger partial charge is 0.0885 e. The maximum absolute atomic E-state index is 3.92. The summed E-state index contributed by atoms with van der Waals surface area (Å²) in [6, 6.07) is 0. The van der Waals surface area contributed by atoms with Crippen molar-refractivity contribution < 1.29 is 0 Å². The Labute approximate surface area is 123 Å². The van der Waals surface area contributed by atoms with Crippen LogP contribution in [0.4, 0.5) is 0 Å². The summed E-state index contributed by atoms with van der Waals surface area (Å²) in [5, 5.41) is 0. The first-order chi connectivity index (χ1) is 9.31. The Balaban J connectivity index is 3.12. The second kappa shape index (κ2) is 15.8. The van der Waals surface area contributed by atoms with Crippen molar-refractivity contribution in [2.75, 3.05) is 0 Å². The van der Waals surface area contributed by atoms with E-state index in [-0.39, 0.29) is 0 Å². The summed E-state index contributed by atoms with van der Waals surface area (Å²) in [6.45, 7) is 8.55. The van der Waals surface area contributed by atoms with E-state index in [4.69, 9.17) is 0 Å². The van der Waals surface area contributed by atoms with Crippen LogP contribution in [0.5, 0.6) is 0 Å². The molecule has 19 heavy (non-hydrogen) atoms. The Hall–Kier alpha value is -0.260. The van der Waals surface area contributed by atoms with Gasteiger partial charge in [-0.1, -0.05) is 90.7 Å². The van der Waals surface area contributed by atoms with Gasteiger partial charge in [-0.3, -0.25) is 0 Å². The van der Waals surface area contributed by atoms with Crippen LogP contribution in [0.1, 0.15) is 97.3 Å². The predicted molar refractivity (Wildman–Crippen MR) is 89.4 cm³/mol. The molecule has 0 aromatic rings. The molecule has 0 N–H and O–H groups in total. The lowest BCUT2D eigenvalue weighted by atomic mass is 10.00. The van der Waals surface area contributed by atoms with E-state index in [1.807, 2.05) is 0 Å². The fraction of sp³-hybridized carbons (Fsp3) is 0.842. The summed E-state index contributed by atoms with van der Waals surface area (Å²) < 4.78 is 0.